The van der Waals surface area contributed by atoms with E-state index in [1.807, 2.05) is 6.07 Å². The lowest BCUT2D eigenvalue weighted by atomic mass is 10.2. The summed E-state index contributed by atoms with van der Waals surface area (Å²) < 4.78 is 27.0. The van der Waals surface area contributed by atoms with Crippen molar-refractivity contribution in [3.63, 3.8) is 0 Å². The van der Waals surface area contributed by atoms with Crippen LogP contribution in [0.15, 0.2) is 57.0 Å². The molecular weight excluding hydrogens is 394 g/mol. The van der Waals surface area contributed by atoms with Crippen molar-refractivity contribution in [1.29, 1.82) is 0 Å². The standard InChI is InChI=1S/C19H29N5O2S2/c1-3-24(17-9-5-4-6-10-17)15-8-12-21-19(20-2)22-13-14-23-28(25,26)18-11-7-16-27-18/h4-7,9-11,16,23H,3,8,12-15H2,1-2H3,(H2,20,21,22). The molecule has 0 aliphatic carbocycles. The fraction of sp³-hybridized carbons (Fsp3) is 0.421. The van der Waals surface area contributed by atoms with Crippen LogP contribution in [0.25, 0.3) is 0 Å². The zero-order valence-electron chi connectivity index (χ0n) is 16.4. The van der Waals surface area contributed by atoms with Gasteiger partial charge in [0.1, 0.15) is 4.21 Å². The van der Waals surface area contributed by atoms with E-state index in [1.54, 1.807) is 24.6 Å². The summed E-state index contributed by atoms with van der Waals surface area (Å²) >= 11 is 1.20. The van der Waals surface area contributed by atoms with Gasteiger partial charge in [0.25, 0.3) is 0 Å². The first-order chi connectivity index (χ1) is 13.6. The molecule has 1 aromatic carbocycles. The molecule has 154 valence electrons. The molecule has 1 aromatic heterocycles. The number of benzene rings is 1. The third kappa shape index (κ3) is 7.14. The average molecular weight is 424 g/mol. The molecule has 2 rings (SSSR count). The molecule has 0 fully saturated rings. The number of para-hydroxylation sites is 1. The first kappa shape index (κ1) is 22.2. The van der Waals surface area contributed by atoms with E-state index in [1.165, 1.54) is 17.0 Å². The van der Waals surface area contributed by atoms with E-state index >= 15 is 0 Å². The topological polar surface area (TPSA) is 85.8 Å². The van der Waals surface area contributed by atoms with Gasteiger partial charge in [0.2, 0.25) is 10.0 Å². The molecule has 0 aliphatic rings. The monoisotopic (exact) mass is 423 g/mol. The Balaban J connectivity index is 1.65. The highest BCUT2D eigenvalue weighted by Gasteiger charge is 2.13. The van der Waals surface area contributed by atoms with Crippen molar-refractivity contribution in [2.45, 2.75) is 17.6 Å². The van der Waals surface area contributed by atoms with Crippen LogP contribution in [-0.4, -0.2) is 54.1 Å². The van der Waals surface area contributed by atoms with Crippen LogP contribution in [0.2, 0.25) is 0 Å². The van der Waals surface area contributed by atoms with Crippen LogP contribution < -0.4 is 20.3 Å². The van der Waals surface area contributed by atoms with Gasteiger partial charge in [-0.15, -0.1) is 11.3 Å². The van der Waals surface area contributed by atoms with E-state index in [9.17, 15) is 8.42 Å². The second kappa shape index (κ2) is 11.7. The smallest absolute Gasteiger partial charge is 0.250 e. The van der Waals surface area contributed by atoms with Crippen LogP contribution in [0.5, 0.6) is 0 Å². The molecule has 0 spiro atoms. The van der Waals surface area contributed by atoms with Gasteiger partial charge in [-0.1, -0.05) is 24.3 Å². The SMILES string of the molecule is CCN(CCCNC(=NC)NCCNS(=O)(=O)c1cccs1)c1ccccc1. The van der Waals surface area contributed by atoms with Gasteiger partial charge < -0.3 is 15.5 Å². The molecular formula is C19H29N5O2S2. The average Bonchev–Trinajstić information content (AvgIpc) is 3.26. The molecule has 0 atom stereocenters. The Hall–Kier alpha value is -2.10. The number of thiophene rings is 1. The molecule has 0 unspecified atom stereocenters. The van der Waals surface area contributed by atoms with Crippen LogP contribution in [-0.2, 0) is 10.0 Å². The second-order valence-corrected chi connectivity index (χ2v) is 8.97. The summed E-state index contributed by atoms with van der Waals surface area (Å²) in [5.41, 5.74) is 1.23. The molecule has 0 amide bonds. The fourth-order valence-corrected chi connectivity index (χ4v) is 4.73. The van der Waals surface area contributed by atoms with Gasteiger partial charge in [0.05, 0.1) is 0 Å². The predicted molar refractivity (Wildman–Crippen MR) is 118 cm³/mol. The Bertz CT molecular complexity index is 808. The highest BCUT2D eigenvalue weighted by atomic mass is 32.2. The third-order valence-corrected chi connectivity index (χ3v) is 6.95. The highest BCUT2D eigenvalue weighted by Crippen LogP contribution is 2.14. The number of nitrogens with zero attached hydrogens (tertiary/aromatic N) is 2. The van der Waals surface area contributed by atoms with Crippen molar-refractivity contribution >= 4 is 33.0 Å². The summed E-state index contributed by atoms with van der Waals surface area (Å²) in [7, 11) is -1.72. The van der Waals surface area contributed by atoms with Gasteiger partial charge in [0.15, 0.2) is 5.96 Å². The van der Waals surface area contributed by atoms with Gasteiger partial charge in [-0.05, 0) is 36.9 Å². The summed E-state index contributed by atoms with van der Waals surface area (Å²) in [5, 5.41) is 8.13. The maximum Gasteiger partial charge on any atom is 0.250 e. The van der Waals surface area contributed by atoms with Crippen LogP contribution in [0.1, 0.15) is 13.3 Å². The maximum atomic E-state index is 12.0. The van der Waals surface area contributed by atoms with Gasteiger partial charge in [-0.3, -0.25) is 4.99 Å². The van der Waals surface area contributed by atoms with Gasteiger partial charge in [-0.25, -0.2) is 13.1 Å². The van der Waals surface area contributed by atoms with E-state index < -0.39 is 10.0 Å². The molecule has 7 nitrogen and oxygen atoms in total. The number of hydrogen-bond acceptors (Lipinski definition) is 5. The van der Waals surface area contributed by atoms with Crippen LogP contribution in [0.4, 0.5) is 5.69 Å². The van der Waals surface area contributed by atoms with E-state index in [0.29, 0.717) is 23.3 Å². The minimum atomic E-state index is -3.42. The number of guanidine groups is 1. The summed E-state index contributed by atoms with van der Waals surface area (Å²) in [6, 6.07) is 13.7. The Labute approximate surface area is 171 Å². The molecule has 0 aliphatic heterocycles. The second-order valence-electron chi connectivity index (χ2n) is 6.02. The zero-order valence-corrected chi connectivity index (χ0v) is 18.0. The Morgan fingerprint density at radius 2 is 1.82 bits per heavy atom. The molecule has 0 radical (unpaired) electrons. The number of aliphatic imine (C=N–C) groups is 1. The van der Waals surface area contributed by atoms with E-state index in [4.69, 9.17) is 0 Å². The maximum absolute atomic E-state index is 12.0. The molecule has 0 bridgehead atoms. The van der Waals surface area contributed by atoms with E-state index in [-0.39, 0.29) is 0 Å². The van der Waals surface area contributed by atoms with Crippen molar-refractivity contribution < 1.29 is 8.42 Å². The van der Waals surface area contributed by atoms with Crippen molar-refractivity contribution in [1.82, 2.24) is 15.4 Å². The lowest BCUT2D eigenvalue weighted by Crippen LogP contribution is -2.42. The van der Waals surface area contributed by atoms with Gasteiger partial charge in [-0.2, -0.15) is 0 Å². The summed E-state index contributed by atoms with van der Waals surface area (Å²) in [5.74, 6) is 0.665. The Morgan fingerprint density at radius 1 is 1.07 bits per heavy atom. The summed E-state index contributed by atoms with van der Waals surface area (Å²) in [6.07, 6.45) is 0.967. The van der Waals surface area contributed by atoms with Crippen LogP contribution >= 0.6 is 11.3 Å². The molecule has 0 saturated heterocycles. The molecule has 1 heterocycles. The minimum Gasteiger partial charge on any atom is -0.372 e. The normalized spacial score (nSPS) is 12.0. The van der Waals surface area contributed by atoms with Gasteiger partial charge in [0, 0.05) is 45.5 Å². The third-order valence-electron chi connectivity index (χ3n) is 4.09. The lowest BCUT2D eigenvalue weighted by molar-refractivity contribution is 0.582. The number of sulfonamides is 1. The predicted octanol–water partition coefficient (Wildman–Crippen LogP) is 2.11. The molecule has 2 aromatic rings. The quantitative estimate of drug-likeness (QED) is 0.293. The number of anilines is 1. The number of hydrogen-bond donors (Lipinski definition) is 3. The number of rotatable bonds is 11. The summed E-state index contributed by atoms with van der Waals surface area (Å²) in [4.78, 5) is 6.50. The summed E-state index contributed by atoms with van der Waals surface area (Å²) in [6.45, 7) is 5.59. The van der Waals surface area contributed by atoms with Crippen molar-refractivity contribution in [2.24, 2.45) is 4.99 Å². The largest absolute Gasteiger partial charge is 0.372 e. The van der Waals surface area contributed by atoms with Gasteiger partial charge >= 0.3 is 0 Å². The Kier molecular flexibility index (Phi) is 9.26. The molecule has 9 heteroatoms. The highest BCUT2D eigenvalue weighted by molar-refractivity contribution is 7.91. The number of nitrogens with one attached hydrogen (secondary N) is 3. The molecule has 0 saturated carbocycles. The van der Waals surface area contributed by atoms with E-state index in [2.05, 4.69) is 56.4 Å². The van der Waals surface area contributed by atoms with E-state index in [0.717, 1.165) is 26.1 Å². The Morgan fingerprint density at radius 3 is 2.46 bits per heavy atom. The molecule has 28 heavy (non-hydrogen) atoms. The molecule has 3 N–H and O–H groups in total. The van der Waals surface area contributed by atoms with Crippen LogP contribution in [0, 0.1) is 0 Å². The lowest BCUT2D eigenvalue weighted by Gasteiger charge is -2.23. The fourth-order valence-electron chi connectivity index (χ4n) is 2.66. The first-order valence-corrected chi connectivity index (χ1v) is 11.7. The van der Waals surface area contributed by atoms with Crippen molar-refractivity contribution in [3.8, 4) is 0 Å². The minimum absolute atomic E-state index is 0.290. The van der Waals surface area contributed by atoms with Crippen molar-refractivity contribution in [2.75, 3.05) is 44.7 Å². The zero-order chi connectivity index (χ0) is 20.2. The van der Waals surface area contributed by atoms with Crippen molar-refractivity contribution in [3.05, 3.63) is 47.8 Å². The first-order valence-electron chi connectivity index (χ1n) is 9.34. The van der Waals surface area contributed by atoms with Crippen LogP contribution in [0.3, 0.4) is 0 Å².